The summed E-state index contributed by atoms with van der Waals surface area (Å²) < 4.78 is 4.86. The fraction of sp³-hybridized carbons (Fsp3) is 0.438. The number of hydrogen-bond donors (Lipinski definition) is 3. The Morgan fingerprint density at radius 3 is 3.09 bits per heavy atom. The molecule has 1 aromatic carbocycles. The molecular formula is C16H21N5O2. The van der Waals surface area contributed by atoms with Crippen LogP contribution in [0.3, 0.4) is 0 Å². The third-order valence-electron chi connectivity index (χ3n) is 3.88. The average Bonchev–Trinajstić information content (AvgIpc) is 3.23. The van der Waals surface area contributed by atoms with Crippen LogP contribution in [-0.4, -0.2) is 48.9 Å². The highest BCUT2D eigenvalue weighted by Gasteiger charge is 2.15. The van der Waals surface area contributed by atoms with E-state index in [-0.39, 0.29) is 5.97 Å². The summed E-state index contributed by atoms with van der Waals surface area (Å²) in [6, 6.07) is 5.49. The molecule has 3 N–H and O–H groups in total. The number of aliphatic imine (C=N–C) groups is 1. The number of rotatable bonds is 6. The molecule has 7 heteroatoms. The summed E-state index contributed by atoms with van der Waals surface area (Å²) in [7, 11) is 1.40. The van der Waals surface area contributed by atoms with E-state index in [1.807, 2.05) is 12.1 Å². The van der Waals surface area contributed by atoms with E-state index in [2.05, 4.69) is 25.8 Å². The summed E-state index contributed by atoms with van der Waals surface area (Å²) >= 11 is 0. The molecule has 0 spiro atoms. The summed E-state index contributed by atoms with van der Waals surface area (Å²) in [6.07, 6.45) is 2.85. The number of nitrogens with one attached hydrogen (secondary N) is 3. The Kier molecular flexibility index (Phi) is 4.75. The first-order valence-corrected chi connectivity index (χ1v) is 7.86. The monoisotopic (exact) mass is 315 g/mol. The molecular weight excluding hydrogens is 294 g/mol. The molecule has 1 aliphatic rings. The molecule has 7 nitrogen and oxygen atoms in total. The molecule has 2 aromatic rings. The van der Waals surface area contributed by atoms with Crippen LogP contribution in [0.1, 0.15) is 28.9 Å². The number of esters is 1. The molecule has 2 heterocycles. The molecule has 0 aliphatic carbocycles. The first-order chi connectivity index (χ1) is 11.3. The second kappa shape index (κ2) is 7.13. The Labute approximate surface area is 134 Å². The minimum Gasteiger partial charge on any atom is -0.465 e. The number of H-pyrrole nitrogens is 1. The molecule has 0 saturated carbocycles. The van der Waals surface area contributed by atoms with Crippen LogP contribution in [0.5, 0.6) is 0 Å². The van der Waals surface area contributed by atoms with Crippen molar-refractivity contribution in [3.05, 3.63) is 29.5 Å². The van der Waals surface area contributed by atoms with Crippen LogP contribution in [0, 0.1) is 0 Å². The van der Waals surface area contributed by atoms with Crippen molar-refractivity contribution in [2.45, 2.75) is 19.3 Å². The van der Waals surface area contributed by atoms with Crippen LogP contribution in [0.4, 0.5) is 0 Å². The highest BCUT2D eigenvalue weighted by molar-refractivity contribution is 6.04. The van der Waals surface area contributed by atoms with E-state index in [9.17, 15) is 4.79 Å². The number of aromatic nitrogens is 2. The number of carbonyl (C=O) groups excluding carboxylic acids is 1. The van der Waals surface area contributed by atoms with Gasteiger partial charge in [-0.3, -0.25) is 10.1 Å². The molecule has 0 amide bonds. The topological polar surface area (TPSA) is 91.4 Å². The quantitative estimate of drug-likeness (QED) is 0.551. The van der Waals surface area contributed by atoms with Gasteiger partial charge >= 0.3 is 5.97 Å². The van der Waals surface area contributed by atoms with Crippen LogP contribution in [0.2, 0.25) is 0 Å². The van der Waals surface area contributed by atoms with Crippen LogP contribution in [0.15, 0.2) is 23.2 Å². The van der Waals surface area contributed by atoms with Gasteiger partial charge in [0.15, 0.2) is 5.96 Å². The maximum atomic E-state index is 11.9. The highest BCUT2D eigenvalue weighted by Crippen LogP contribution is 2.22. The number of aryl methyl sites for hydroxylation is 1. The highest BCUT2D eigenvalue weighted by atomic mass is 16.5. The number of methoxy groups -OCH3 is 1. The molecule has 0 radical (unpaired) electrons. The normalized spacial score (nSPS) is 13.7. The third-order valence-corrected chi connectivity index (χ3v) is 3.88. The van der Waals surface area contributed by atoms with Gasteiger partial charge in [-0.2, -0.15) is 5.10 Å². The van der Waals surface area contributed by atoms with Crippen molar-refractivity contribution < 1.29 is 9.53 Å². The molecule has 122 valence electrons. The van der Waals surface area contributed by atoms with Gasteiger partial charge in [0.2, 0.25) is 0 Å². The number of hydrogen-bond acceptors (Lipinski definition) is 6. The first kappa shape index (κ1) is 15.3. The summed E-state index contributed by atoms with van der Waals surface area (Å²) in [5.74, 6) is 0.565. The van der Waals surface area contributed by atoms with Crippen molar-refractivity contribution in [1.29, 1.82) is 0 Å². The van der Waals surface area contributed by atoms with Gasteiger partial charge in [0.05, 0.1) is 24.7 Å². The minimum absolute atomic E-state index is 0.328. The molecule has 23 heavy (non-hydrogen) atoms. The number of carbonyl (C=O) groups is 1. The predicted molar refractivity (Wildman–Crippen MR) is 88.7 cm³/mol. The summed E-state index contributed by atoms with van der Waals surface area (Å²) in [6.45, 7) is 2.64. The second-order valence-corrected chi connectivity index (χ2v) is 5.43. The van der Waals surface area contributed by atoms with E-state index in [1.54, 1.807) is 6.07 Å². The van der Waals surface area contributed by atoms with Crippen molar-refractivity contribution >= 4 is 22.8 Å². The van der Waals surface area contributed by atoms with Gasteiger partial charge in [-0.05, 0) is 31.4 Å². The standard InChI is InChI=1S/C16H21N5O2/c1-23-15(22)11-5-4-7-13-14(11)12(20-21-13)6-2-3-8-17-16-18-9-10-19-16/h4-5,7H,2-3,6,8-10H2,1H3,(H,20,21)(H2,17,18,19). The Morgan fingerprint density at radius 2 is 2.30 bits per heavy atom. The van der Waals surface area contributed by atoms with Gasteiger partial charge in [-0.1, -0.05) is 6.07 Å². The maximum absolute atomic E-state index is 11.9. The Morgan fingerprint density at radius 1 is 1.39 bits per heavy atom. The maximum Gasteiger partial charge on any atom is 0.338 e. The van der Waals surface area contributed by atoms with Crippen LogP contribution >= 0.6 is 0 Å². The molecule has 0 saturated heterocycles. The van der Waals surface area contributed by atoms with Gasteiger partial charge < -0.3 is 15.4 Å². The molecule has 3 rings (SSSR count). The zero-order chi connectivity index (χ0) is 16.1. The molecule has 0 atom stereocenters. The third kappa shape index (κ3) is 3.44. The number of aromatic amines is 1. The lowest BCUT2D eigenvalue weighted by molar-refractivity contribution is 0.0603. The molecule has 1 aliphatic heterocycles. The van der Waals surface area contributed by atoms with Gasteiger partial charge in [-0.15, -0.1) is 0 Å². The molecule has 0 unspecified atom stereocenters. The lowest BCUT2D eigenvalue weighted by atomic mass is 10.0. The lowest BCUT2D eigenvalue weighted by Crippen LogP contribution is -2.34. The summed E-state index contributed by atoms with van der Waals surface area (Å²) in [5.41, 5.74) is 2.35. The SMILES string of the molecule is COC(=O)c1cccc2n[nH]c(CCCCNC3=NCCN3)c12. The fourth-order valence-corrected chi connectivity index (χ4v) is 2.74. The summed E-state index contributed by atoms with van der Waals surface area (Å²) in [5, 5.41) is 14.7. The zero-order valence-electron chi connectivity index (χ0n) is 13.2. The lowest BCUT2D eigenvalue weighted by Gasteiger charge is -2.06. The summed E-state index contributed by atoms with van der Waals surface area (Å²) in [4.78, 5) is 16.2. The largest absolute Gasteiger partial charge is 0.465 e. The number of benzene rings is 1. The Hall–Kier alpha value is -2.57. The van der Waals surface area contributed by atoms with E-state index in [0.717, 1.165) is 61.5 Å². The van der Waals surface area contributed by atoms with Crippen molar-refractivity contribution in [3.8, 4) is 0 Å². The number of unbranched alkanes of at least 4 members (excludes halogenated alkanes) is 1. The predicted octanol–water partition coefficient (Wildman–Crippen LogP) is 1.22. The van der Waals surface area contributed by atoms with Gasteiger partial charge in [-0.25, -0.2) is 4.79 Å². The van der Waals surface area contributed by atoms with Crippen molar-refractivity contribution in [2.75, 3.05) is 26.7 Å². The average molecular weight is 315 g/mol. The first-order valence-electron chi connectivity index (χ1n) is 7.86. The van der Waals surface area contributed by atoms with E-state index in [0.29, 0.717) is 5.56 Å². The van der Waals surface area contributed by atoms with Crippen LogP contribution in [-0.2, 0) is 11.2 Å². The fourth-order valence-electron chi connectivity index (χ4n) is 2.74. The smallest absolute Gasteiger partial charge is 0.338 e. The molecule has 0 bridgehead atoms. The second-order valence-electron chi connectivity index (χ2n) is 5.43. The van der Waals surface area contributed by atoms with Gasteiger partial charge in [0, 0.05) is 24.2 Å². The van der Waals surface area contributed by atoms with Crippen molar-refractivity contribution in [1.82, 2.24) is 20.8 Å². The van der Waals surface area contributed by atoms with Crippen LogP contribution < -0.4 is 10.6 Å². The number of guanidine groups is 1. The number of ether oxygens (including phenoxy) is 1. The van der Waals surface area contributed by atoms with Crippen molar-refractivity contribution in [3.63, 3.8) is 0 Å². The van der Waals surface area contributed by atoms with Gasteiger partial charge in [0.25, 0.3) is 0 Å². The molecule has 1 aromatic heterocycles. The van der Waals surface area contributed by atoms with E-state index in [4.69, 9.17) is 4.74 Å². The Bertz CT molecular complexity index is 722. The molecule has 0 fully saturated rings. The number of fused-ring (bicyclic) bond motifs is 1. The number of nitrogens with zero attached hydrogens (tertiary/aromatic N) is 2. The zero-order valence-corrected chi connectivity index (χ0v) is 13.2. The van der Waals surface area contributed by atoms with E-state index >= 15 is 0 Å². The Balaban J connectivity index is 1.60. The van der Waals surface area contributed by atoms with Gasteiger partial charge in [0.1, 0.15) is 0 Å². The van der Waals surface area contributed by atoms with Crippen LogP contribution in [0.25, 0.3) is 10.9 Å². The van der Waals surface area contributed by atoms with E-state index < -0.39 is 0 Å². The van der Waals surface area contributed by atoms with E-state index in [1.165, 1.54) is 7.11 Å². The minimum atomic E-state index is -0.328. The van der Waals surface area contributed by atoms with Crippen molar-refractivity contribution in [2.24, 2.45) is 4.99 Å².